The number of thiophene rings is 1. The minimum Gasteiger partial charge on any atom is -0.476 e. The maximum Gasteiger partial charge on any atom is 0.372 e. The summed E-state index contributed by atoms with van der Waals surface area (Å²) in [7, 11) is 0. The summed E-state index contributed by atoms with van der Waals surface area (Å²) in [5, 5.41) is 11.6. The minimum absolute atomic E-state index is 0.0615. The van der Waals surface area contributed by atoms with Gasteiger partial charge in [-0.15, -0.1) is 11.3 Å². The number of hydrogen-bond donors (Lipinski definition) is 2. The largest absolute Gasteiger partial charge is 0.476 e. The number of carboxylic acid groups (broad SMARTS) is 1. The van der Waals surface area contributed by atoms with Gasteiger partial charge in [0.05, 0.1) is 4.91 Å². The Balaban J connectivity index is 1.59. The van der Waals surface area contributed by atoms with Crippen LogP contribution >= 0.6 is 35.3 Å². The average Bonchev–Trinajstić information content (AvgIpc) is 3.29. The van der Waals surface area contributed by atoms with Gasteiger partial charge in [-0.3, -0.25) is 9.59 Å². The van der Waals surface area contributed by atoms with Crippen molar-refractivity contribution in [1.29, 1.82) is 0 Å². The number of unbranched alkanes of at least 4 members (excludes halogenated alkanes) is 1. The number of thiocarbonyl (C=S) groups is 1. The number of ketones is 1. The van der Waals surface area contributed by atoms with Crippen LogP contribution in [0, 0.1) is 11.6 Å². The highest BCUT2D eigenvalue weighted by molar-refractivity contribution is 8.26. The number of amides is 1. The third-order valence-corrected chi connectivity index (χ3v) is 6.46. The lowest BCUT2D eigenvalue weighted by Crippen LogP contribution is -2.41. The van der Waals surface area contributed by atoms with E-state index in [0.29, 0.717) is 39.7 Å². The number of carboxylic acids is 1. The maximum atomic E-state index is 13.5. The van der Waals surface area contributed by atoms with E-state index in [9.17, 15) is 23.2 Å². The smallest absolute Gasteiger partial charge is 0.372 e. The van der Waals surface area contributed by atoms with Gasteiger partial charge in [0.1, 0.15) is 0 Å². The van der Waals surface area contributed by atoms with Crippen LogP contribution in [-0.2, 0) is 14.4 Å². The fourth-order valence-electron chi connectivity index (χ4n) is 2.70. The molecular formula is C20H16F2N2O4S3. The third-order valence-electron chi connectivity index (χ3n) is 4.28. The molecule has 1 aliphatic heterocycles. The topological polar surface area (TPSA) is 86.7 Å². The summed E-state index contributed by atoms with van der Waals surface area (Å²) in [5.41, 5.74) is 4.13. The van der Waals surface area contributed by atoms with E-state index in [0.717, 1.165) is 28.8 Å². The zero-order valence-electron chi connectivity index (χ0n) is 15.9. The second kappa shape index (κ2) is 10.2. The van der Waals surface area contributed by atoms with Crippen LogP contribution in [-0.4, -0.2) is 38.6 Å². The minimum atomic E-state index is -1.45. The van der Waals surface area contributed by atoms with E-state index in [-0.39, 0.29) is 12.3 Å². The van der Waals surface area contributed by atoms with Crippen molar-refractivity contribution in [2.24, 2.45) is 0 Å². The molecule has 0 unspecified atom stereocenters. The number of hydrazine groups is 1. The number of halogens is 2. The van der Waals surface area contributed by atoms with Crippen molar-refractivity contribution in [2.75, 3.05) is 6.54 Å². The Morgan fingerprint density at radius 2 is 1.94 bits per heavy atom. The lowest BCUT2D eigenvalue weighted by molar-refractivity contribution is -0.149. The number of carbonyl (C=O) groups excluding carboxylic acids is 2. The van der Waals surface area contributed by atoms with E-state index < -0.39 is 23.4 Å². The molecule has 31 heavy (non-hydrogen) atoms. The van der Waals surface area contributed by atoms with Gasteiger partial charge in [0.15, 0.2) is 16.0 Å². The van der Waals surface area contributed by atoms with Gasteiger partial charge in [0.25, 0.3) is 5.91 Å². The van der Waals surface area contributed by atoms with Gasteiger partial charge in [0.2, 0.25) is 5.78 Å². The van der Waals surface area contributed by atoms with Crippen LogP contribution in [0.15, 0.2) is 34.6 Å². The normalized spacial score (nSPS) is 15.2. The number of Topliss-reactive ketones (excluding diaryl/α,β-unsaturated/α-hetero) is 1. The Kier molecular flexibility index (Phi) is 7.65. The lowest BCUT2D eigenvalue weighted by Gasteiger charge is -2.15. The molecule has 2 N–H and O–H groups in total. The number of benzene rings is 1. The molecule has 1 aromatic carbocycles. The van der Waals surface area contributed by atoms with Crippen molar-refractivity contribution in [3.8, 4) is 11.1 Å². The summed E-state index contributed by atoms with van der Waals surface area (Å²) in [5.74, 6) is -4.45. The molecule has 1 aromatic heterocycles. The Hall–Kier alpha value is -2.47. The van der Waals surface area contributed by atoms with Crippen LogP contribution in [0.25, 0.3) is 17.2 Å². The first kappa shape index (κ1) is 23.2. The predicted octanol–water partition coefficient (Wildman–Crippen LogP) is 4.22. The number of thioether (sulfide) groups is 1. The van der Waals surface area contributed by atoms with Crippen LogP contribution in [0.4, 0.5) is 8.78 Å². The van der Waals surface area contributed by atoms with E-state index in [1.54, 1.807) is 17.5 Å². The zero-order valence-corrected chi connectivity index (χ0v) is 18.3. The van der Waals surface area contributed by atoms with Crippen molar-refractivity contribution < 1.29 is 28.3 Å². The number of carbonyl (C=O) groups is 3. The first-order valence-corrected chi connectivity index (χ1v) is 11.2. The summed E-state index contributed by atoms with van der Waals surface area (Å²) < 4.78 is 26.9. The molecule has 1 aliphatic rings. The van der Waals surface area contributed by atoms with Crippen molar-refractivity contribution in [3.05, 3.63) is 51.1 Å². The van der Waals surface area contributed by atoms with Gasteiger partial charge in [-0.05, 0) is 53.6 Å². The Morgan fingerprint density at radius 1 is 1.16 bits per heavy atom. The summed E-state index contributed by atoms with van der Waals surface area (Å²) >= 11 is 7.72. The fraction of sp³-hybridized carbons (Fsp3) is 0.200. The van der Waals surface area contributed by atoms with Gasteiger partial charge >= 0.3 is 5.97 Å². The van der Waals surface area contributed by atoms with Crippen LogP contribution in [0.3, 0.4) is 0 Å². The van der Waals surface area contributed by atoms with E-state index in [1.807, 2.05) is 0 Å². The number of nitrogens with one attached hydrogen (secondary N) is 1. The zero-order chi connectivity index (χ0) is 22.5. The molecule has 2 aromatic rings. The molecular weight excluding hydrogens is 466 g/mol. The molecule has 11 heteroatoms. The van der Waals surface area contributed by atoms with Gasteiger partial charge in [-0.2, -0.15) is 0 Å². The Morgan fingerprint density at radius 3 is 2.65 bits per heavy atom. The predicted molar refractivity (Wildman–Crippen MR) is 119 cm³/mol. The second-order valence-corrected chi connectivity index (χ2v) is 9.10. The molecule has 3 rings (SSSR count). The average molecular weight is 483 g/mol. The number of hydrogen-bond acceptors (Lipinski definition) is 7. The molecule has 2 heterocycles. The first-order valence-electron chi connectivity index (χ1n) is 9.08. The summed E-state index contributed by atoms with van der Waals surface area (Å²) in [6.07, 6.45) is 2.50. The summed E-state index contributed by atoms with van der Waals surface area (Å²) in [4.78, 5) is 35.3. The monoisotopic (exact) mass is 482 g/mol. The number of rotatable bonds is 9. The van der Waals surface area contributed by atoms with E-state index in [2.05, 4.69) is 5.43 Å². The SMILES string of the molecule is O=C(O)C(=O)CCCCNN1C(=O)C(=Cc2cc(-c3ccc(F)c(F)c3)cs2)SC1=S. The van der Waals surface area contributed by atoms with Gasteiger partial charge < -0.3 is 5.11 Å². The lowest BCUT2D eigenvalue weighted by atomic mass is 10.1. The molecule has 1 amide bonds. The highest BCUT2D eigenvalue weighted by atomic mass is 32.2. The fourth-order valence-corrected chi connectivity index (χ4v) is 4.83. The molecule has 0 bridgehead atoms. The van der Waals surface area contributed by atoms with E-state index in [4.69, 9.17) is 17.3 Å². The molecule has 1 fully saturated rings. The highest BCUT2D eigenvalue weighted by Gasteiger charge is 2.32. The van der Waals surface area contributed by atoms with Crippen molar-refractivity contribution in [3.63, 3.8) is 0 Å². The summed E-state index contributed by atoms with van der Waals surface area (Å²) in [6, 6.07) is 5.44. The third kappa shape index (κ3) is 5.82. The standard InChI is InChI=1S/C20H16F2N2O4S3/c21-14-5-4-11(8-15(14)22)12-7-13(30-10-12)9-17-18(26)24(20(29)31-17)23-6-2-1-3-16(25)19(27)28/h4-5,7-10,23H,1-3,6H2,(H,27,28). The summed E-state index contributed by atoms with van der Waals surface area (Å²) in [6.45, 7) is 0.353. The Labute approximate surface area is 189 Å². The molecule has 6 nitrogen and oxygen atoms in total. The Bertz CT molecular complexity index is 1080. The van der Waals surface area contributed by atoms with E-state index >= 15 is 0 Å². The van der Waals surface area contributed by atoms with Crippen LogP contribution in [0.2, 0.25) is 0 Å². The van der Waals surface area contributed by atoms with Crippen molar-refractivity contribution >= 4 is 63.4 Å². The van der Waals surface area contributed by atoms with Crippen molar-refractivity contribution in [2.45, 2.75) is 19.3 Å². The second-order valence-electron chi connectivity index (χ2n) is 6.48. The first-order chi connectivity index (χ1) is 14.8. The van der Waals surface area contributed by atoms with Gasteiger partial charge in [0, 0.05) is 17.8 Å². The van der Waals surface area contributed by atoms with Crippen LogP contribution < -0.4 is 5.43 Å². The highest BCUT2D eigenvalue weighted by Crippen LogP contribution is 2.34. The number of nitrogens with zero attached hydrogens (tertiary/aromatic N) is 1. The molecule has 0 saturated carbocycles. The maximum absolute atomic E-state index is 13.5. The molecule has 162 valence electrons. The molecule has 0 radical (unpaired) electrons. The molecule has 0 atom stereocenters. The molecule has 0 aliphatic carbocycles. The van der Waals surface area contributed by atoms with Gasteiger partial charge in [-0.25, -0.2) is 24.0 Å². The molecule has 1 saturated heterocycles. The van der Waals surface area contributed by atoms with E-state index in [1.165, 1.54) is 22.4 Å². The van der Waals surface area contributed by atoms with Crippen LogP contribution in [0.5, 0.6) is 0 Å². The van der Waals surface area contributed by atoms with Crippen molar-refractivity contribution in [1.82, 2.24) is 10.4 Å². The number of aliphatic carboxylic acids is 1. The van der Waals surface area contributed by atoms with Crippen LogP contribution in [0.1, 0.15) is 24.1 Å². The van der Waals surface area contributed by atoms with Gasteiger partial charge in [-0.1, -0.05) is 30.0 Å². The molecule has 0 spiro atoms. The quantitative estimate of drug-likeness (QED) is 0.239.